The van der Waals surface area contributed by atoms with Gasteiger partial charge < -0.3 is 10.2 Å². The van der Waals surface area contributed by atoms with Crippen molar-refractivity contribution < 1.29 is 23.4 Å². The normalized spacial score (nSPS) is 14.1. The van der Waals surface area contributed by atoms with Gasteiger partial charge >= 0.3 is 6.18 Å². The predicted octanol–water partition coefficient (Wildman–Crippen LogP) is -0.0888. The molecule has 6 heteroatoms. The van der Waals surface area contributed by atoms with Crippen LogP contribution in [0.2, 0.25) is 0 Å². The van der Waals surface area contributed by atoms with Gasteiger partial charge in [0.1, 0.15) is 0 Å². The lowest BCUT2D eigenvalue weighted by atomic mass is 10.2. The van der Waals surface area contributed by atoms with Crippen molar-refractivity contribution in [2.24, 2.45) is 0 Å². The fraction of sp³-hybridized carbons (Fsp3) is 1.00. The van der Waals surface area contributed by atoms with Gasteiger partial charge in [-0.3, -0.25) is 0 Å². The maximum atomic E-state index is 11.3. The number of halogens is 3. The van der Waals surface area contributed by atoms with Crippen LogP contribution in [0.25, 0.3) is 0 Å². The monoisotopic (exact) mass is 155 g/mol. The van der Waals surface area contributed by atoms with Crippen molar-refractivity contribution in [1.29, 1.82) is 0 Å². The first-order valence-corrected chi connectivity index (χ1v) is 2.34. The molecule has 0 aromatic heterocycles. The van der Waals surface area contributed by atoms with Gasteiger partial charge in [0, 0.05) is 21.4 Å². The van der Waals surface area contributed by atoms with Crippen molar-refractivity contribution in [1.82, 2.24) is 0 Å². The summed E-state index contributed by atoms with van der Waals surface area (Å²) >= 11 is 0. The molecule has 0 bridgehead atoms. The lowest BCUT2D eigenvalue weighted by Crippen LogP contribution is -2.29. The minimum atomic E-state index is -4.59. The summed E-state index contributed by atoms with van der Waals surface area (Å²) in [6.07, 6.45) is -7.63. The number of aliphatic hydroxyl groups excluding tert-OH is 2. The maximum Gasteiger partial charge on any atom is 0.414 e. The van der Waals surface area contributed by atoms with Gasteiger partial charge in [0.15, 0.2) is 6.10 Å². The van der Waals surface area contributed by atoms with Crippen molar-refractivity contribution in [2.75, 3.05) is 6.61 Å². The van der Waals surface area contributed by atoms with Crippen LogP contribution in [0.1, 0.15) is 6.42 Å². The van der Waals surface area contributed by atoms with Gasteiger partial charge in [0.05, 0.1) is 0 Å². The Hall–Kier alpha value is -0.225. The Morgan fingerprint density at radius 1 is 1.30 bits per heavy atom. The zero-order chi connectivity index (χ0) is 7.49. The van der Waals surface area contributed by atoms with E-state index in [1.54, 1.807) is 0 Å². The summed E-state index contributed by atoms with van der Waals surface area (Å²) in [5.41, 5.74) is 0. The second kappa shape index (κ2) is 4.57. The van der Waals surface area contributed by atoms with Crippen LogP contribution in [-0.4, -0.2) is 37.5 Å². The molecule has 59 valence electrons. The van der Waals surface area contributed by atoms with E-state index >= 15 is 0 Å². The van der Waals surface area contributed by atoms with E-state index < -0.39 is 25.3 Å². The summed E-state index contributed by atoms with van der Waals surface area (Å²) in [6, 6.07) is 0. The third kappa shape index (κ3) is 4.63. The third-order valence-electron chi connectivity index (χ3n) is 0.780. The Balaban J connectivity index is 0. The van der Waals surface area contributed by atoms with Gasteiger partial charge in [-0.25, -0.2) is 0 Å². The van der Waals surface area contributed by atoms with Crippen LogP contribution in [0.5, 0.6) is 0 Å². The molecule has 0 spiro atoms. The average molecular weight is 155 g/mol. The lowest BCUT2D eigenvalue weighted by molar-refractivity contribution is -0.207. The van der Waals surface area contributed by atoms with Crippen LogP contribution >= 0.6 is 0 Å². The molecule has 1 atom stereocenters. The van der Waals surface area contributed by atoms with Gasteiger partial charge in [-0.2, -0.15) is 13.2 Å². The number of hydrogen-bond acceptors (Lipinski definition) is 2. The highest BCUT2D eigenvalue weighted by Gasteiger charge is 2.37. The van der Waals surface area contributed by atoms with Crippen molar-refractivity contribution in [2.45, 2.75) is 18.7 Å². The highest BCUT2D eigenvalue weighted by atomic mass is 19.4. The zero-order valence-corrected chi connectivity index (χ0v) is 5.10. The van der Waals surface area contributed by atoms with Crippen molar-refractivity contribution in [3.8, 4) is 0 Å². The van der Waals surface area contributed by atoms with E-state index in [1.807, 2.05) is 0 Å². The smallest absolute Gasteiger partial charge is 0.396 e. The molecule has 0 aromatic rings. The van der Waals surface area contributed by atoms with Crippen LogP contribution < -0.4 is 0 Å². The van der Waals surface area contributed by atoms with Gasteiger partial charge in [-0.15, -0.1) is 0 Å². The second-order valence-corrected chi connectivity index (χ2v) is 1.57. The first-order chi connectivity index (χ1) is 3.98. The summed E-state index contributed by atoms with van der Waals surface area (Å²) in [5.74, 6) is 0. The Bertz CT molecular complexity index is 85.1. The molecule has 0 aromatic carbocycles. The Morgan fingerprint density at radius 3 is 1.80 bits per heavy atom. The SMILES string of the molecule is OCCC(O)C(F)(F)F.[B]. The van der Waals surface area contributed by atoms with E-state index in [0.29, 0.717) is 0 Å². The fourth-order valence-corrected chi connectivity index (χ4v) is 0.286. The topological polar surface area (TPSA) is 40.5 Å². The van der Waals surface area contributed by atoms with Crippen molar-refractivity contribution in [3.05, 3.63) is 0 Å². The van der Waals surface area contributed by atoms with E-state index in [-0.39, 0.29) is 8.41 Å². The second-order valence-electron chi connectivity index (χ2n) is 1.57. The maximum absolute atomic E-state index is 11.3. The van der Waals surface area contributed by atoms with Crippen molar-refractivity contribution in [3.63, 3.8) is 0 Å². The summed E-state index contributed by atoms with van der Waals surface area (Å²) in [6.45, 7) is -0.652. The number of hydrogen-bond donors (Lipinski definition) is 2. The van der Waals surface area contributed by atoms with Crippen LogP contribution in [0.3, 0.4) is 0 Å². The summed E-state index contributed by atoms with van der Waals surface area (Å²) < 4.78 is 33.8. The van der Waals surface area contributed by atoms with Gasteiger partial charge in [-0.05, 0) is 0 Å². The van der Waals surface area contributed by atoms with E-state index in [4.69, 9.17) is 10.2 Å². The van der Waals surface area contributed by atoms with Gasteiger partial charge in [0.25, 0.3) is 0 Å². The largest absolute Gasteiger partial charge is 0.414 e. The van der Waals surface area contributed by atoms with E-state index in [9.17, 15) is 13.2 Å². The highest BCUT2D eigenvalue weighted by Crippen LogP contribution is 2.21. The quantitative estimate of drug-likeness (QED) is 0.547. The van der Waals surface area contributed by atoms with E-state index in [1.165, 1.54) is 0 Å². The van der Waals surface area contributed by atoms with Crippen LogP contribution in [0.4, 0.5) is 13.2 Å². The minimum absolute atomic E-state index is 0. The standard InChI is InChI=1S/C4H7F3O2.B/c5-4(6,7)3(9)1-2-8;/h3,8-9H,1-2H2;. The van der Waals surface area contributed by atoms with Crippen LogP contribution in [0.15, 0.2) is 0 Å². The molecular weight excluding hydrogens is 148 g/mol. The lowest BCUT2D eigenvalue weighted by Gasteiger charge is -2.11. The number of rotatable bonds is 2. The Kier molecular flexibility index (Phi) is 5.69. The zero-order valence-electron chi connectivity index (χ0n) is 5.10. The molecule has 1 unspecified atom stereocenters. The Morgan fingerprint density at radius 2 is 1.70 bits per heavy atom. The molecule has 0 fully saturated rings. The molecule has 0 aliphatic carbocycles. The van der Waals surface area contributed by atoms with Gasteiger partial charge in [0.2, 0.25) is 0 Å². The summed E-state index contributed by atoms with van der Waals surface area (Å²) in [7, 11) is 0. The highest BCUT2D eigenvalue weighted by molar-refractivity contribution is 5.75. The molecule has 0 rings (SSSR count). The molecule has 2 N–H and O–H groups in total. The van der Waals surface area contributed by atoms with E-state index in [0.717, 1.165) is 0 Å². The van der Waals surface area contributed by atoms with Crippen LogP contribution in [0, 0.1) is 0 Å². The molecule has 10 heavy (non-hydrogen) atoms. The Labute approximate surface area is 58.2 Å². The summed E-state index contributed by atoms with van der Waals surface area (Å²) in [5, 5.41) is 16.0. The van der Waals surface area contributed by atoms with Gasteiger partial charge in [-0.1, -0.05) is 0 Å². The molecule has 0 aliphatic rings. The predicted molar refractivity (Wildman–Crippen MR) is 29.5 cm³/mol. The molecule has 2 nitrogen and oxygen atoms in total. The molecule has 0 saturated carbocycles. The minimum Gasteiger partial charge on any atom is -0.396 e. The molecular formula is C4H7BF3O2. The third-order valence-corrected chi connectivity index (χ3v) is 0.780. The average Bonchev–Trinajstić information content (AvgIpc) is 1.64. The van der Waals surface area contributed by atoms with Crippen molar-refractivity contribution >= 4 is 8.41 Å². The fourth-order valence-electron chi connectivity index (χ4n) is 0.286. The molecule has 0 aliphatic heterocycles. The number of alkyl halides is 3. The first kappa shape index (κ1) is 12.5. The molecule has 0 heterocycles. The molecule has 0 amide bonds. The molecule has 0 saturated heterocycles. The van der Waals surface area contributed by atoms with E-state index in [2.05, 4.69) is 0 Å². The summed E-state index contributed by atoms with van der Waals surface area (Å²) in [4.78, 5) is 0. The number of aliphatic hydroxyl groups is 2. The van der Waals surface area contributed by atoms with Crippen LogP contribution in [-0.2, 0) is 0 Å². The first-order valence-electron chi connectivity index (χ1n) is 2.34. The molecule has 3 radical (unpaired) electrons.